The molecular weight excluding hydrogens is 184 g/mol. The van der Waals surface area contributed by atoms with Crippen molar-refractivity contribution in [2.75, 3.05) is 18.5 Å². The van der Waals surface area contributed by atoms with Crippen molar-refractivity contribution in [3.8, 4) is 0 Å². The van der Waals surface area contributed by atoms with Gasteiger partial charge in [0.1, 0.15) is 0 Å². The first kappa shape index (κ1) is 10.5. The van der Waals surface area contributed by atoms with Crippen molar-refractivity contribution >= 4 is 11.4 Å². The van der Waals surface area contributed by atoms with E-state index in [2.05, 4.69) is 5.32 Å². The number of nitrogens with zero attached hydrogens (tertiary/aromatic N) is 1. The number of aryl methyl sites for hydroxylation is 1. The summed E-state index contributed by atoms with van der Waals surface area (Å²) < 4.78 is 0. The smallest absolute Gasteiger partial charge is 0.272 e. The minimum absolute atomic E-state index is 0.0377. The molecule has 1 rings (SSSR count). The molecule has 0 heterocycles. The molecular formula is C9H12N2O3. The third-order valence-corrected chi connectivity index (χ3v) is 1.83. The highest BCUT2D eigenvalue weighted by atomic mass is 16.6. The SMILES string of the molecule is Cc1cc(NCCO)ccc1[N+](=O)[O-]. The van der Waals surface area contributed by atoms with Gasteiger partial charge in [-0.05, 0) is 19.1 Å². The fraction of sp³-hybridized carbons (Fsp3) is 0.333. The van der Waals surface area contributed by atoms with Gasteiger partial charge in [0.2, 0.25) is 0 Å². The first-order valence-corrected chi connectivity index (χ1v) is 4.25. The third-order valence-electron chi connectivity index (χ3n) is 1.83. The number of anilines is 1. The Bertz CT molecular complexity index is 339. The monoisotopic (exact) mass is 196 g/mol. The lowest BCUT2D eigenvalue weighted by Crippen LogP contribution is -2.05. The molecule has 5 heteroatoms. The molecule has 0 radical (unpaired) electrons. The Morgan fingerprint density at radius 2 is 2.29 bits per heavy atom. The van der Waals surface area contributed by atoms with Crippen molar-refractivity contribution in [2.45, 2.75) is 6.92 Å². The van der Waals surface area contributed by atoms with Crippen LogP contribution >= 0.6 is 0 Å². The molecule has 14 heavy (non-hydrogen) atoms. The zero-order valence-electron chi connectivity index (χ0n) is 7.86. The average Bonchev–Trinajstić information content (AvgIpc) is 2.14. The molecule has 5 nitrogen and oxygen atoms in total. The first-order valence-electron chi connectivity index (χ1n) is 4.25. The maximum Gasteiger partial charge on any atom is 0.272 e. The first-order chi connectivity index (χ1) is 6.65. The van der Waals surface area contributed by atoms with Gasteiger partial charge in [0.05, 0.1) is 11.5 Å². The Balaban J connectivity index is 2.83. The van der Waals surface area contributed by atoms with Gasteiger partial charge in [0.15, 0.2) is 0 Å². The molecule has 0 spiro atoms. The Labute approximate surface area is 81.5 Å². The Hall–Kier alpha value is -1.62. The van der Waals surface area contributed by atoms with E-state index >= 15 is 0 Å². The molecule has 0 bridgehead atoms. The number of rotatable bonds is 4. The zero-order valence-corrected chi connectivity index (χ0v) is 7.86. The number of aliphatic hydroxyl groups is 1. The van der Waals surface area contributed by atoms with Crippen LogP contribution in [0.25, 0.3) is 0 Å². The van der Waals surface area contributed by atoms with Gasteiger partial charge in [-0.3, -0.25) is 10.1 Å². The summed E-state index contributed by atoms with van der Waals surface area (Å²) >= 11 is 0. The van der Waals surface area contributed by atoms with E-state index in [-0.39, 0.29) is 12.3 Å². The molecule has 0 unspecified atom stereocenters. The summed E-state index contributed by atoms with van der Waals surface area (Å²) in [5.41, 5.74) is 1.50. The summed E-state index contributed by atoms with van der Waals surface area (Å²) in [4.78, 5) is 10.1. The summed E-state index contributed by atoms with van der Waals surface area (Å²) in [7, 11) is 0. The summed E-state index contributed by atoms with van der Waals surface area (Å²) in [6.07, 6.45) is 0. The Morgan fingerprint density at radius 3 is 2.79 bits per heavy atom. The number of hydrogen-bond acceptors (Lipinski definition) is 4. The number of nitro groups is 1. The van der Waals surface area contributed by atoms with E-state index in [0.717, 1.165) is 5.69 Å². The van der Waals surface area contributed by atoms with Crippen LogP contribution < -0.4 is 5.32 Å². The van der Waals surface area contributed by atoms with Gasteiger partial charge in [-0.25, -0.2) is 0 Å². The van der Waals surface area contributed by atoms with Crippen LogP contribution in [0.2, 0.25) is 0 Å². The number of aliphatic hydroxyl groups excluding tert-OH is 1. The summed E-state index contributed by atoms with van der Waals surface area (Å²) in [6.45, 7) is 2.16. The molecule has 0 saturated heterocycles. The van der Waals surface area contributed by atoms with Crippen LogP contribution in [-0.2, 0) is 0 Å². The molecule has 0 amide bonds. The van der Waals surface area contributed by atoms with E-state index in [1.807, 2.05) is 0 Å². The minimum Gasteiger partial charge on any atom is -0.395 e. The van der Waals surface area contributed by atoms with Crippen molar-refractivity contribution in [3.05, 3.63) is 33.9 Å². The highest BCUT2D eigenvalue weighted by Gasteiger charge is 2.09. The quantitative estimate of drug-likeness (QED) is 0.562. The molecule has 1 aromatic carbocycles. The van der Waals surface area contributed by atoms with Crippen molar-refractivity contribution in [1.82, 2.24) is 0 Å². The van der Waals surface area contributed by atoms with Crippen molar-refractivity contribution in [2.24, 2.45) is 0 Å². The van der Waals surface area contributed by atoms with Gasteiger partial charge >= 0.3 is 0 Å². The molecule has 0 aromatic heterocycles. The minimum atomic E-state index is -0.412. The molecule has 0 aliphatic carbocycles. The Morgan fingerprint density at radius 1 is 1.57 bits per heavy atom. The molecule has 0 atom stereocenters. The summed E-state index contributed by atoms with van der Waals surface area (Å²) in [5.74, 6) is 0. The lowest BCUT2D eigenvalue weighted by molar-refractivity contribution is -0.385. The number of hydrogen-bond donors (Lipinski definition) is 2. The fourth-order valence-corrected chi connectivity index (χ4v) is 1.17. The highest BCUT2D eigenvalue weighted by molar-refractivity contribution is 5.53. The maximum atomic E-state index is 10.5. The molecule has 1 aromatic rings. The van der Waals surface area contributed by atoms with Crippen LogP contribution in [0.1, 0.15) is 5.56 Å². The number of benzene rings is 1. The van der Waals surface area contributed by atoms with Gasteiger partial charge < -0.3 is 10.4 Å². The second kappa shape index (κ2) is 4.57. The van der Waals surface area contributed by atoms with Crippen molar-refractivity contribution in [3.63, 3.8) is 0 Å². The van der Waals surface area contributed by atoms with Crippen molar-refractivity contribution < 1.29 is 10.0 Å². The van der Waals surface area contributed by atoms with Gasteiger partial charge in [-0.1, -0.05) is 0 Å². The van der Waals surface area contributed by atoms with Crippen LogP contribution in [-0.4, -0.2) is 23.2 Å². The number of nitro benzene ring substituents is 1. The van der Waals surface area contributed by atoms with Crippen LogP contribution in [0.15, 0.2) is 18.2 Å². The van der Waals surface area contributed by atoms with Crippen LogP contribution in [0.3, 0.4) is 0 Å². The van der Waals surface area contributed by atoms with Gasteiger partial charge in [0.25, 0.3) is 5.69 Å². The van der Waals surface area contributed by atoms with E-state index < -0.39 is 4.92 Å². The van der Waals surface area contributed by atoms with E-state index in [0.29, 0.717) is 12.1 Å². The summed E-state index contributed by atoms with van der Waals surface area (Å²) in [5, 5.41) is 22.0. The van der Waals surface area contributed by atoms with E-state index in [4.69, 9.17) is 5.11 Å². The molecule has 0 aliphatic heterocycles. The van der Waals surface area contributed by atoms with E-state index in [1.165, 1.54) is 6.07 Å². The van der Waals surface area contributed by atoms with E-state index in [9.17, 15) is 10.1 Å². The zero-order chi connectivity index (χ0) is 10.6. The third kappa shape index (κ3) is 2.43. The second-order valence-electron chi connectivity index (χ2n) is 2.91. The molecule has 0 fully saturated rings. The van der Waals surface area contributed by atoms with Crippen LogP contribution in [0.4, 0.5) is 11.4 Å². The largest absolute Gasteiger partial charge is 0.395 e. The predicted octanol–water partition coefficient (Wildman–Crippen LogP) is 1.31. The lowest BCUT2D eigenvalue weighted by Gasteiger charge is -2.05. The molecule has 76 valence electrons. The van der Waals surface area contributed by atoms with Crippen LogP contribution in [0, 0.1) is 17.0 Å². The van der Waals surface area contributed by atoms with E-state index in [1.54, 1.807) is 19.1 Å². The van der Waals surface area contributed by atoms with Crippen LogP contribution in [0.5, 0.6) is 0 Å². The highest BCUT2D eigenvalue weighted by Crippen LogP contribution is 2.21. The van der Waals surface area contributed by atoms with Gasteiger partial charge in [-0.2, -0.15) is 0 Å². The molecule has 0 saturated carbocycles. The van der Waals surface area contributed by atoms with Gasteiger partial charge in [0, 0.05) is 23.9 Å². The average molecular weight is 196 g/mol. The lowest BCUT2D eigenvalue weighted by atomic mass is 10.2. The molecule has 2 N–H and O–H groups in total. The van der Waals surface area contributed by atoms with Crippen molar-refractivity contribution in [1.29, 1.82) is 0 Å². The molecule has 0 aliphatic rings. The maximum absolute atomic E-state index is 10.5. The second-order valence-corrected chi connectivity index (χ2v) is 2.91. The number of nitrogens with one attached hydrogen (secondary N) is 1. The van der Waals surface area contributed by atoms with Gasteiger partial charge in [-0.15, -0.1) is 0 Å². The Kier molecular flexibility index (Phi) is 3.41. The predicted molar refractivity (Wildman–Crippen MR) is 53.4 cm³/mol. The normalized spacial score (nSPS) is 9.86. The topological polar surface area (TPSA) is 75.4 Å². The summed E-state index contributed by atoms with van der Waals surface area (Å²) in [6, 6.07) is 4.77. The fourth-order valence-electron chi connectivity index (χ4n) is 1.17. The standard InChI is InChI=1S/C9H12N2O3/c1-7-6-8(10-4-5-12)2-3-9(7)11(13)14/h2-3,6,10,12H,4-5H2,1H3.